The normalized spacial score (nSPS) is 21.0. The summed E-state index contributed by atoms with van der Waals surface area (Å²) in [7, 11) is 0.266. The van der Waals surface area contributed by atoms with E-state index in [9.17, 15) is 34.8 Å². The summed E-state index contributed by atoms with van der Waals surface area (Å²) in [6.45, 7) is 8.81. The molecule has 0 spiro atoms. The van der Waals surface area contributed by atoms with Crippen molar-refractivity contribution in [2.45, 2.75) is 95.3 Å². The second kappa shape index (κ2) is 21.5. The first-order chi connectivity index (χ1) is 34.0. The fourth-order valence-electron chi connectivity index (χ4n) is 10.6. The van der Waals surface area contributed by atoms with Crippen molar-refractivity contribution in [3.63, 3.8) is 0 Å². The Morgan fingerprint density at radius 2 is 1.22 bits per heavy atom. The predicted molar refractivity (Wildman–Crippen MR) is 272 cm³/mol. The molecule has 392 valence electrons. The lowest BCUT2D eigenvalue weighted by atomic mass is 9.81. The van der Waals surface area contributed by atoms with Gasteiger partial charge in [-0.05, 0) is 106 Å². The van der Waals surface area contributed by atoms with E-state index in [0.717, 1.165) is 124 Å². The van der Waals surface area contributed by atoms with Crippen molar-refractivity contribution in [3.05, 3.63) is 109 Å². The molecule has 6 aromatic heterocycles. The number of alkyl halides is 6. The molecule has 7 aromatic rings. The minimum absolute atomic E-state index is 0. The number of hydrogen-bond acceptors (Lipinski definition) is 10. The van der Waals surface area contributed by atoms with Crippen LogP contribution in [0.25, 0.3) is 49.9 Å². The lowest BCUT2D eigenvalue weighted by Gasteiger charge is -2.41. The Morgan fingerprint density at radius 3 is 1.78 bits per heavy atom. The Kier molecular flexibility index (Phi) is 15.8. The molecule has 2 aliphatic heterocycles. The summed E-state index contributed by atoms with van der Waals surface area (Å²) in [6, 6.07) is 13.0. The van der Waals surface area contributed by atoms with Gasteiger partial charge in [0.25, 0.3) is 10.0 Å². The van der Waals surface area contributed by atoms with Crippen LogP contribution in [-0.2, 0) is 22.6 Å². The Bertz CT molecular complexity index is 3120. The largest absolute Gasteiger partial charge is 0.504 e. The van der Waals surface area contributed by atoms with Crippen molar-refractivity contribution < 1.29 is 34.8 Å². The number of hydrogen-bond donors (Lipinski definition) is 1. The van der Waals surface area contributed by atoms with Crippen molar-refractivity contribution >= 4 is 37.7 Å². The van der Waals surface area contributed by atoms with Crippen LogP contribution in [0.3, 0.4) is 0 Å². The van der Waals surface area contributed by atoms with E-state index in [-0.39, 0.29) is 40.3 Å². The van der Waals surface area contributed by atoms with E-state index in [0.29, 0.717) is 45.7 Å². The van der Waals surface area contributed by atoms with E-state index in [1.54, 1.807) is 30.6 Å². The van der Waals surface area contributed by atoms with Crippen LogP contribution >= 0.6 is 0 Å². The van der Waals surface area contributed by atoms with Gasteiger partial charge in [0, 0.05) is 135 Å². The van der Waals surface area contributed by atoms with Crippen molar-refractivity contribution in [2.24, 2.45) is 0 Å². The average Bonchev–Trinajstić information content (AvgIpc) is 4.21. The van der Waals surface area contributed by atoms with Gasteiger partial charge in [-0.3, -0.25) is 9.80 Å². The zero-order valence-electron chi connectivity index (χ0n) is 39.5. The Hall–Kier alpha value is -5.87. The van der Waals surface area contributed by atoms with Crippen molar-refractivity contribution in [1.82, 2.24) is 58.1 Å². The molecule has 21 heteroatoms. The zero-order valence-corrected chi connectivity index (χ0v) is 40.3. The van der Waals surface area contributed by atoms with E-state index in [4.69, 9.17) is 0 Å². The summed E-state index contributed by atoms with van der Waals surface area (Å²) >= 11 is 0. The number of nitrogens with zero attached hydrogens (tertiary/aromatic N) is 11. The van der Waals surface area contributed by atoms with Crippen molar-refractivity contribution in [1.29, 1.82) is 0 Å². The molecule has 3 fully saturated rings. The first-order valence-corrected chi connectivity index (χ1v) is 25.5. The number of benzene rings is 1. The number of piperazine rings is 2. The van der Waals surface area contributed by atoms with Crippen LogP contribution in [0.15, 0.2) is 103 Å². The molecule has 8 heterocycles. The fourth-order valence-corrected chi connectivity index (χ4v) is 12.0. The van der Waals surface area contributed by atoms with Crippen LogP contribution in [0.1, 0.15) is 76.8 Å². The molecule has 0 radical (unpaired) electrons. The second-order valence-corrected chi connectivity index (χ2v) is 21.1. The molecule has 1 saturated carbocycles. The molecule has 1 atom stereocenters. The summed E-state index contributed by atoms with van der Waals surface area (Å²) in [5.41, 5.74) is 5.54. The SMILES string of the molecule is C.C.CN1CCN(C2CCC(c3cnc4[nH]cc(-c5cnn(C(F)(F)F)c5)c4c3)CC2)CC1.CN1CCN([C@@H]2CC=C(c3cnc4c(c3)c(-c3cnn(C(F)(F)F)c3)cn4S(=O)(=O)c3ccccc3)CC2)CC1. The Morgan fingerprint density at radius 1 is 0.630 bits per heavy atom. The maximum atomic E-state index is 13.6. The molecule has 0 unspecified atom stereocenters. The van der Waals surface area contributed by atoms with Gasteiger partial charge in [-0.25, -0.2) is 22.4 Å². The summed E-state index contributed by atoms with van der Waals surface area (Å²) in [6.07, 6.45) is 11.2. The Labute approximate surface area is 422 Å². The number of halogens is 6. The second-order valence-electron chi connectivity index (χ2n) is 19.2. The highest BCUT2D eigenvalue weighted by atomic mass is 32.2. The molecule has 2 saturated heterocycles. The van der Waals surface area contributed by atoms with Crippen LogP contribution in [-0.4, -0.2) is 145 Å². The monoisotopic (exact) mass is 1030 g/mol. The van der Waals surface area contributed by atoms with E-state index in [2.05, 4.69) is 71.0 Å². The number of H-pyrrole nitrogens is 1. The van der Waals surface area contributed by atoms with Gasteiger partial charge in [0.15, 0.2) is 5.65 Å². The van der Waals surface area contributed by atoms with Gasteiger partial charge in [-0.1, -0.05) is 39.1 Å². The topological polar surface area (TPSA) is 129 Å². The lowest BCUT2D eigenvalue weighted by Crippen LogP contribution is -2.49. The molecular formula is C52H64F6N12O2S. The lowest BCUT2D eigenvalue weighted by molar-refractivity contribution is -0.213. The first-order valence-electron chi connectivity index (χ1n) is 24.1. The highest BCUT2D eigenvalue weighted by Gasteiger charge is 2.34. The molecule has 14 nitrogen and oxygen atoms in total. The smallest absolute Gasteiger partial charge is 0.346 e. The van der Waals surface area contributed by atoms with Crippen LogP contribution in [0.2, 0.25) is 0 Å². The molecular weight excluding hydrogens is 971 g/mol. The van der Waals surface area contributed by atoms with Crippen LogP contribution < -0.4 is 0 Å². The summed E-state index contributed by atoms with van der Waals surface area (Å²) in [5.74, 6) is 0.446. The number of nitrogens with one attached hydrogen (secondary N) is 1. The number of rotatable bonds is 8. The third-order valence-corrected chi connectivity index (χ3v) is 16.5. The predicted octanol–water partition coefficient (Wildman–Crippen LogP) is 10.2. The summed E-state index contributed by atoms with van der Waals surface area (Å²) in [4.78, 5) is 22.1. The third kappa shape index (κ3) is 11.3. The number of aromatic nitrogens is 8. The van der Waals surface area contributed by atoms with E-state index in [1.165, 1.54) is 42.9 Å². The van der Waals surface area contributed by atoms with Crippen LogP contribution in [0.5, 0.6) is 0 Å². The van der Waals surface area contributed by atoms with Gasteiger partial charge in [0.05, 0.1) is 17.3 Å². The van der Waals surface area contributed by atoms with Crippen molar-refractivity contribution in [2.75, 3.05) is 66.5 Å². The molecule has 11 rings (SSSR count). The number of pyridine rings is 2. The van der Waals surface area contributed by atoms with E-state index >= 15 is 0 Å². The van der Waals surface area contributed by atoms with Crippen molar-refractivity contribution in [3.8, 4) is 22.3 Å². The Balaban J connectivity index is 0.000000195. The first kappa shape index (κ1) is 53.4. The molecule has 0 amide bonds. The summed E-state index contributed by atoms with van der Waals surface area (Å²) < 4.78 is 107. The molecule has 0 bridgehead atoms. The van der Waals surface area contributed by atoms with Gasteiger partial charge in [0.2, 0.25) is 0 Å². The molecule has 1 aromatic carbocycles. The van der Waals surface area contributed by atoms with Gasteiger partial charge in [0.1, 0.15) is 5.65 Å². The molecule has 1 N–H and O–H groups in total. The standard InChI is InChI=1S/C28H29F3N6O2S.C22H27F3N6.2CH4/c1-34-11-13-35(14-12-34)23-9-7-20(8-10-23)21-15-25-26(22-17-33-37(18-22)28(29,30)31)19-36(27(25)32-16-21)40(38,39)24-5-3-2-4-6-24;1-29-6-8-30(9-7-29)18-4-2-15(3-5-18)16-10-19-20(13-27-21(19)26-11-16)17-12-28-31(14-17)22(23,24)25;;/h2-7,15-19,23H,8-14H2,1H3;10-15,18H,2-9H2,1H3,(H,26,27);2*1H4/t23-;;;/m1.../s1. The van der Waals surface area contributed by atoms with Gasteiger partial charge in [-0.15, -0.1) is 26.3 Å². The number of fused-ring (bicyclic) bond motifs is 2. The maximum absolute atomic E-state index is 13.6. The minimum atomic E-state index is -4.69. The van der Waals surface area contributed by atoms with Gasteiger partial charge in [-0.2, -0.15) is 19.6 Å². The number of aromatic amines is 1. The molecule has 4 aliphatic rings. The quantitative estimate of drug-likeness (QED) is 0.147. The van der Waals surface area contributed by atoms with Crippen LogP contribution in [0, 0.1) is 0 Å². The number of allylic oxidation sites excluding steroid dienone is 1. The number of likely N-dealkylation sites (N-methyl/N-ethyl adjacent to an activating group) is 2. The third-order valence-electron chi connectivity index (χ3n) is 14.8. The van der Waals surface area contributed by atoms with E-state index in [1.807, 2.05) is 12.3 Å². The fraction of sp³-hybridized carbons (Fsp3) is 0.462. The van der Waals surface area contributed by atoms with Gasteiger partial charge >= 0.3 is 12.6 Å². The van der Waals surface area contributed by atoms with Crippen LogP contribution in [0.4, 0.5) is 26.3 Å². The minimum Gasteiger partial charge on any atom is -0.346 e. The molecule has 73 heavy (non-hydrogen) atoms. The van der Waals surface area contributed by atoms with Gasteiger partial charge < -0.3 is 14.8 Å². The van der Waals surface area contributed by atoms with E-state index < -0.39 is 22.6 Å². The zero-order chi connectivity index (χ0) is 49.7. The molecule has 2 aliphatic carbocycles. The maximum Gasteiger partial charge on any atom is 0.504 e. The highest BCUT2D eigenvalue weighted by molar-refractivity contribution is 7.90. The average molecular weight is 1040 g/mol. The summed E-state index contributed by atoms with van der Waals surface area (Å²) in [5, 5.41) is 8.23. The highest BCUT2D eigenvalue weighted by Crippen LogP contribution is 2.39.